The molecule has 2 aromatic rings. The van der Waals surface area contributed by atoms with Gasteiger partial charge in [-0.1, -0.05) is 12.1 Å². The monoisotopic (exact) mass is 371 g/mol. The summed E-state index contributed by atoms with van der Waals surface area (Å²) in [5.41, 5.74) is 0.461. The van der Waals surface area contributed by atoms with Crippen LogP contribution in [0.15, 0.2) is 53.0 Å². The van der Waals surface area contributed by atoms with E-state index in [0.29, 0.717) is 11.4 Å². The van der Waals surface area contributed by atoms with Crippen molar-refractivity contribution in [1.82, 2.24) is 0 Å². The summed E-state index contributed by atoms with van der Waals surface area (Å²) in [5, 5.41) is 2.59. The minimum absolute atomic E-state index is 0.0254. The number of alkyl halides is 2. The minimum atomic E-state index is -2.88. The summed E-state index contributed by atoms with van der Waals surface area (Å²) in [7, 11) is 0. The van der Waals surface area contributed by atoms with Crippen LogP contribution < -0.4 is 14.8 Å². The van der Waals surface area contributed by atoms with E-state index in [1.807, 2.05) is 6.07 Å². The number of carbonyl (C=O) groups is 1. The lowest BCUT2D eigenvalue weighted by atomic mass is 10.3. The number of amides is 1. The van der Waals surface area contributed by atoms with E-state index in [2.05, 4.69) is 26.0 Å². The van der Waals surface area contributed by atoms with Crippen LogP contribution in [0.5, 0.6) is 11.5 Å². The second-order valence-corrected chi connectivity index (χ2v) is 5.02. The van der Waals surface area contributed by atoms with Gasteiger partial charge < -0.3 is 14.8 Å². The van der Waals surface area contributed by atoms with Gasteiger partial charge in [0.2, 0.25) is 0 Å². The van der Waals surface area contributed by atoms with Crippen LogP contribution in [0.2, 0.25) is 0 Å². The van der Waals surface area contributed by atoms with Gasteiger partial charge in [-0.25, -0.2) is 0 Å². The third kappa shape index (κ3) is 5.00. The lowest BCUT2D eigenvalue weighted by Crippen LogP contribution is -2.20. The standard InChI is InChI=1S/C15H12BrF2NO3/c16-12-3-1-2-4-13(12)21-9-14(20)19-10-5-7-11(8-6-10)22-15(17)18/h1-8,15H,9H2,(H,19,20). The second kappa shape index (κ2) is 7.74. The summed E-state index contributed by atoms with van der Waals surface area (Å²) in [6.45, 7) is -3.05. The number of para-hydroxylation sites is 1. The molecule has 4 nitrogen and oxygen atoms in total. The molecule has 0 saturated carbocycles. The van der Waals surface area contributed by atoms with Crippen LogP contribution in [0, 0.1) is 0 Å². The van der Waals surface area contributed by atoms with Crippen LogP contribution in [-0.4, -0.2) is 19.1 Å². The van der Waals surface area contributed by atoms with Crippen molar-refractivity contribution in [3.63, 3.8) is 0 Å². The highest BCUT2D eigenvalue weighted by atomic mass is 79.9. The number of rotatable bonds is 6. The summed E-state index contributed by atoms with van der Waals surface area (Å²) in [5.74, 6) is 0.217. The molecule has 0 radical (unpaired) electrons. The van der Waals surface area contributed by atoms with E-state index < -0.39 is 6.61 Å². The number of halogens is 3. The largest absolute Gasteiger partial charge is 0.483 e. The SMILES string of the molecule is O=C(COc1ccccc1Br)Nc1ccc(OC(F)F)cc1. The molecule has 0 aromatic heterocycles. The average Bonchev–Trinajstić information content (AvgIpc) is 2.48. The molecule has 0 bridgehead atoms. The minimum Gasteiger partial charge on any atom is -0.483 e. The highest BCUT2D eigenvalue weighted by molar-refractivity contribution is 9.10. The maximum atomic E-state index is 12.0. The summed E-state index contributed by atoms with van der Waals surface area (Å²) in [6.07, 6.45) is 0. The zero-order valence-corrected chi connectivity index (χ0v) is 12.8. The topological polar surface area (TPSA) is 47.6 Å². The molecule has 7 heteroatoms. The Morgan fingerprint density at radius 2 is 1.82 bits per heavy atom. The van der Waals surface area contributed by atoms with Gasteiger partial charge in [0.25, 0.3) is 5.91 Å². The fourth-order valence-electron chi connectivity index (χ4n) is 1.62. The van der Waals surface area contributed by atoms with E-state index >= 15 is 0 Å². The first-order valence-corrected chi connectivity index (χ1v) is 7.06. The van der Waals surface area contributed by atoms with Gasteiger partial charge in [-0.05, 0) is 52.3 Å². The first-order valence-electron chi connectivity index (χ1n) is 6.26. The van der Waals surface area contributed by atoms with Crippen molar-refractivity contribution in [2.45, 2.75) is 6.61 Å². The van der Waals surface area contributed by atoms with Gasteiger partial charge >= 0.3 is 6.61 Å². The molecule has 0 aliphatic carbocycles. The zero-order chi connectivity index (χ0) is 15.9. The van der Waals surface area contributed by atoms with Gasteiger partial charge in [0.05, 0.1) is 4.47 Å². The Labute approximate surface area is 134 Å². The predicted octanol–water partition coefficient (Wildman–Crippen LogP) is 4.07. The molecular formula is C15H12BrF2NO3. The van der Waals surface area contributed by atoms with Gasteiger partial charge in [-0.2, -0.15) is 8.78 Å². The lowest BCUT2D eigenvalue weighted by molar-refractivity contribution is -0.118. The van der Waals surface area contributed by atoms with E-state index in [0.717, 1.165) is 4.47 Å². The van der Waals surface area contributed by atoms with Crippen molar-refractivity contribution >= 4 is 27.5 Å². The van der Waals surface area contributed by atoms with Gasteiger partial charge in [0, 0.05) is 5.69 Å². The molecule has 0 heterocycles. The van der Waals surface area contributed by atoms with Crippen molar-refractivity contribution < 1.29 is 23.0 Å². The van der Waals surface area contributed by atoms with Gasteiger partial charge in [-0.15, -0.1) is 0 Å². The third-order valence-electron chi connectivity index (χ3n) is 2.56. The van der Waals surface area contributed by atoms with Crippen molar-refractivity contribution in [2.75, 3.05) is 11.9 Å². The maximum absolute atomic E-state index is 12.0. The van der Waals surface area contributed by atoms with E-state index in [-0.39, 0.29) is 18.3 Å². The highest BCUT2D eigenvalue weighted by Crippen LogP contribution is 2.23. The molecule has 22 heavy (non-hydrogen) atoms. The Bertz CT molecular complexity index is 635. The van der Waals surface area contributed by atoms with Crippen LogP contribution in [0.25, 0.3) is 0 Å². The number of ether oxygens (including phenoxy) is 2. The van der Waals surface area contributed by atoms with E-state index in [1.54, 1.807) is 18.2 Å². The summed E-state index contributed by atoms with van der Waals surface area (Å²) in [4.78, 5) is 11.8. The van der Waals surface area contributed by atoms with Crippen LogP contribution in [0.3, 0.4) is 0 Å². The van der Waals surface area contributed by atoms with E-state index in [9.17, 15) is 13.6 Å². The molecule has 0 aliphatic rings. The number of benzene rings is 2. The van der Waals surface area contributed by atoms with Gasteiger partial charge in [0.15, 0.2) is 6.61 Å². The highest BCUT2D eigenvalue weighted by Gasteiger charge is 2.07. The van der Waals surface area contributed by atoms with Crippen molar-refractivity contribution in [2.24, 2.45) is 0 Å². The predicted molar refractivity (Wildman–Crippen MR) is 81.3 cm³/mol. The third-order valence-corrected chi connectivity index (χ3v) is 3.21. The van der Waals surface area contributed by atoms with Crippen LogP contribution in [0.1, 0.15) is 0 Å². The smallest absolute Gasteiger partial charge is 0.387 e. The van der Waals surface area contributed by atoms with Crippen molar-refractivity contribution in [3.05, 3.63) is 53.0 Å². The van der Waals surface area contributed by atoms with E-state index in [4.69, 9.17) is 4.74 Å². The normalized spacial score (nSPS) is 10.4. The molecule has 2 aromatic carbocycles. The Morgan fingerprint density at radius 1 is 1.14 bits per heavy atom. The first kappa shape index (κ1) is 16.2. The molecule has 0 fully saturated rings. The lowest BCUT2D eigenvalue weighted by Gasteiger charge is -2.09. The summed E-state index contributed by atoms with van der Waals surface area (Å²) in [6, 6.07) is 12.8. The fraction of sp³-hybridized carbons (Fsp3) is 0.133. The number of hydrogen-bond donors (Lipinski definition) is 1. The first-order chi connectivity index (χ1) is 10.5. The van der Waals surface area contributed by atoms with Crippen LogP contribution in [-0.2, 0) is 4.79 Å². The van der Waals surface area contributed by atoms with Crippen molar-refractivity contribution in [3.8, 4) is 11.5 Å². The molecule has 0 aliphatic heterocycles. The number of anilines is 1. The molecule has 0 spiro atoms. The molecule has 0 atom stereocenters. The maximum Gasteiger partial charge on any atom is 0.387 e. The summed E-state index contributed by atoms with van der Waals surface area (Å²) < 4.78 is 34.4. The van der Waals surface area contributed by atoms with E-state index in [1.165, 1.54) is 24.3 Å². The average molecular weight is 372 g/mol. The van der Waals surface area contributed by atoms with Gasteiger partial charge in [-0.3, -0.25) is 4.79 Å². The molecule has 2 rings (SSSR count). The Kier molecular flexibility index (Phi) is 5.71. The van der Waals surface area contributed by atoms with Crippen molar-refractivity contribution in [1.29, 1.82) is 0 Å². The Hall–Kier alpha value is -2.15. The molecule has 1 amide bonds. The zero-order valence-electron chi connectivity index (χ0n) is 11.3. The molecule has 0 unspecified atom stereocenters. The Balaban J connectivity index is 1.85. The molecule has 1 N–H and O–H groups in total. The fourth-order valence-corrected chi connectivity index (χ4v) is 2.02. The molecular weight excluding hydrogens is 360 g/mol. The number of nitrogens with one attached hydrogen (secondary N) is 1. The molecule has 116 valence electrons. The number of hydrogen-bond acceptors (Lipinski definition) is 3. The number of carbonyl (C=O) groups excluding carboxylic acids is 1. The Morgan fingerprint density at radius 3 is 2.45 bits per heavy atom. The summed E-state index contributed by atoms with van der Waals surface area (Å²) >= 11 is 3.31. The second-order valence-electron chi connectivity index (χ2n) is 4.17. The van der Waals surface area contributed by atoms with Crippen LogP contribution in [0.4, 0.5) is 14.5 Å². The van der Waals surface area contributed by atoms with Gasteiger partial charge in [0.1, 0.15) is 11.5 Å². The van der Waals surface area contributed by atoms with Crippen LogP contribution >= 0.6 is 15.9 Å². The molecule has 0 saturated heterocycles. The quantitative estimate of drug-likeness (QED) is 0.832.